The number of esters is 1. The van der Waals surface area contributed by atoms with Crippen LogP contribution in [0.5, 0.6) is 0 Å². The quantitative estimate of drug-likeness (QED) is 0.649. The van der Waals surface area contributed by atoms with E-state index >= 15 is 0 Å². The maximum Gasteiger partial charge on any atom is 0.307 e. The highest BCUT2D eigenvalue weighted by Gasteiger charge is 2.22. The first-order valence-corrected chi connectivity index (χ1v) is 8.60. The number of amides is 1. The molecule has 3 rings (SSSR count). The average molecular weight is 385 g/mol. The highest BCUT2D eigenvalue weighted by Crippen LogP contribution is 2.23. The van der Waals surface area contributed by atoms with Gasteiger partial charge in [-0.15, -0.1) is 0 Å². The molecule has 1 heterocycles. The van der Waals surface area contributed by atoms with Gasteiger partial charge in [0.25, 0.3) is 5.91 Å². The lowest BCUT2D eigenvalue weighted by Crippen LogP contribution is -2.30. The summed E-state index contributed by atoms with van der Waals surface area (Å²) in [6.07, 6.45) is 0.00808. The van der Waals surface area contributed by atoms with Gasteiger partial charge < -0.3 is 14.6 Å². The van der Waals surface area contributed by atoms with Gasteiger partial charge in [0.15, 0.2) is 11.5 Å². The predicted octanol–water partition coefficient (Wildman–Crippen LogP) is 4.03. The molecule has 0 aliphatic heterocycles. The minimum Gasteiger partial charge on any atom is -0.469 e. The van der Waals surface area contributed by atoms with Crippen LogP contribution in [0.1, 0.15) is 28.5 Å². The molecular formula is C20H17ClN2O4. The maximum atomic E-state index is 12.6. The molecule has 1 aromatic heterocycles. The monoisotopic (exact) mass is 384 g/mol. The van der Waals surface area contributed by atoms with Gasteiger partial charge in [-0.25, -0.2) is 0 Å². The van der Waals surface area contributed by atoms with Crippen LogP contribution in [0, 0.1) is 0 Å². The van der Waals surface area contributed by atoms with E-state index in [0.29, 0.717) is 10.8 Å². The van der Waals surface area contributed by atoms with Gasteiger partial charge in [-0.2, -0.15) is 0 Å². The average Bonchev–Trinajstić information content (AvgIpc) is 3.19. The highest BCUT2D eigenvalue weighted by atomic mass is 35.5. The lowest BCUT2D eigenvalue weighted by atomic mass is 10.0. The Hall–Kier alpha value is -3.12. The van der Waals surface area contributed by atoms with E-state index in [-0.39, 0.29) is 12.1 Å². The molecule has 1 atom stereocenters. The number of nitrogens with one attached hydrogen (secondary N) is 1. The predicted molar refractivity (Wildman–Crippen MR) is 100 cm³/mol. The number of ether oxygens (including phenoxy) is 1. The molecule has 0 aliphatic rings. The number of carbonyl (C=O) groups excluding carboxylic acids is 2. The maximum absolute atomic E-state index is 12.6. The molecule has 138 valence electrons. The number of methoxy groups -OCH3 is 1. The van der Waals surface area contributed by atoms with Crippen molar-refractivity contribution < 1.29 is 18.8 Å². The number of carbonyl (C=O) groups is 2. The third-order valence-electron chi connectivity index (χ3n) is 3.98. The Morgan fingerprint density at radius 2 is 1.85 bits per heavy atom. The summed E-state index contributed by atoms with van der Waals surface area (Å²) in [6, 6.07) is 17.2. The minimum atomic E-state index is -0.540. The van der Waals surface area contributed by atoms with Crippen LogP contribution >= 0.6 is 11.6 Å². The molecule has 1 amide bonds. The Morgan fingerprint density at radius 1 is 1.15 bits per heavy atom. The molecule has 0 aliphatic carbocycles. The van der Waals surface area contributed by atoms with E-state index in [1.807, 2.05) is 30.3 Å². The van der Waals surface area contributed by atoms with Crippen LogP contribution in [-0.4, -0.2) is 24.1 Å². The second-order valence-electron chi connectivity index (χ2n) is 5.80. The Kier molecular flexibility index (Phi) is 5.88. The smallest absolute Gasteiger partial charge is 0.307 e. The first-order chi connectivity index (χ1) is 13.1. The number of nitrogens with zero attached hydrogens (tertiary/aromatic N) is 1. The van der Waals surface area contributed by atoms with Crippen LogP contribution in [-0.2, 0) is 9.53 Å². The standard InChI is InChI=1S/C20H17ClN2O4/c1-26-19(24)12-16(13-5-3-2-4-6-13)22-20(25)17-11-18(27-23-17)14-7-9-15(21)10-8-14/h2-11,16H,12H2,1H3,(H,22,25)/t16-/m0/s1. The third-order valence-corrected chi connectivity index (χ3v) is 4.23. The Labute approximate surface area is 161 Å². The molecule has 3 aromatic rings. The summed E-state index contributed by atoms with van der Waals surface area (Å²) >= 11 is 5.88. The number of benzene rings is 2. The number of halogens is 1. The van der Waals surface area contributed by atoms with Crippen molar-refractivity contribution in [3.8, 4) is 11.3 Å². The van der Waals surface area contributed by atoms with Crippen LogP contribution in [0.3, 0.4) is 0 Å². The van der Waals surface area contributed by atoms with Crippen molar-refractivity contribution in [1.82, 2.24) is 10.5 Å². The summed E-state index contributed by atoms with van der Waals surface area (Å²) in [6.45, 7) is 0. The molecule has 0 unspecified atom stereocenters. The molecule has 1 N–H and O–H groups in total. The fourth-order valence-electron chi connectivity index (χ4n) is 2.55. The van der Waals surface area contributed by atoms with Gasteiger partial charge >= 0.3 is 5.97 Å². The van der Waals surface area contributed by atoms with Crippen molar-refractivity contribution in [2.24, 2.45) is 0 Å². The van der Waals surface area contributed by atoms with Crippen LogP contribution < -0.4 is 5.32 Å². The number of hydrogen-bond acceptors (Lipinski definition) is 5. The summed E-state index contributed by atoms with van der Waals surface area (Å²) < 4.78 is 9.98. The Morgan fingerprint density at radius 3 is 2.52 bits per heavy atom. The molecular weight excluding hydrogens is 368 g/mol. The zero-order chi connectivity index (χ0) is 19.2. The molecule has 0 saturated carbocycles. The lowest BCUT2D eigenvalue weighted by Gasteiger charge is -2.17. The second kappa shape index (κ2) is 8.51. The van der Waals surface area contributed by atoms with Crippen molar-refractivity contribution >= 4 is 23.5 Å². The fourth-order valence-corrected chi connectivity index (χ4v) is 2.68. The number of aromatic nitrogens is 1. The fraction of sp³-hybridized carbons (Fsp3) is 0.150. The summed E-state index contributed by atoms with van der Waals surface area (Å²) in [5, 5.41) is 7.23. The summed E-state index contributed by atoms with van der Waals surface area (Å²) in [7, 11) is 1.31. The van der Waals surface area contributed by atoms with Crippen LogP contribution in [0.4, 0.5) is 0 Å². The van der Waals surface area contributed by atoms with Crippen molar-refractivity contribution in [1.29, 1.82) is 0 Å². The molecule has 27 heavy (non-hydrogen) atoms. The number of hydrogen-bond donors (Lipinski definition) is 1. The van der Waals surface area contributed by atoms with E-state index in [9.17, 15) is 9.59 Å². The van der Waals surface area contributed by atoms with E-state index < -0.39 is 17.9 Å². The molecule has 0 fully saturated rings. The van der Waals surface area contributed by atoms with Gasteiger partial charge in [-0.05, 0) is 29.8 Å². The van der Waals surface area contributed by atoms with Crippen LogP contribution in [0.2, 0.25) is 5.02 Å². The van der Waals surface area contributed by atoms with Crippen molar-refractivity contribution in [3.05, 3.63) is 76.9 Å². The lowest BCUT2D eigenvalue weighted by molar-refractivity contribution is -0.141. The van der Waals surface area contributed by atoms with Gasteiger partial charge in [-0.1, -0.05) is 47.1 Å². The van der Waals surface area contributed by atoms with E-state index in [4.69, 9.17) is 20.9 Å². The molecule has 0 spiro atoms. The Balaban J connectivity index is 1.77. The Bertz CT molecular complexity index is 923. The molecule has 0 bridgehead atoms. The van der Waals surface area contributed by atoms with Crippen LogP contribution in [0.25, 0.3) is 11.3 Å². The van der Waals surface area contributed by atoms with Gasteiger partial charge in [0.05, 0.1) is 19.6 Å². The zero-order valence-corrected chi connectivity index (χ0v) is 15.3. The SMILES string of the molecule is COC(=O)C[C@H](NC(=O)c1cc(-c2ccc(Cl)cc2)on1)c1ccccc1. The second-order valence-corrected chi connectivity index (χ2v) is 6.24. The van der Waals surface area contributed by atoms with Gasteiger partial charge in [0, 0.05) is 16.7 Å². The first-order valence-electron chi connectivity index (χ1n) is 8.22. The van der Waals surface area contributed by atoms with Gasteiger partial charge in [0.2, 0.25) is 0 Å². The number of rotatable bonds is 6. The van der Waals surface area contributed by atoms with E-state index in [1.54, 1.807) is 30.3 Å². The topological polar surface area (TPSA) is 81.4 Å². The minimum absolute atomic E-state index is 0.00808. The van der Waals surface area contributed by atoms with E-state index in [0.717, 1.165) is 11.1 Å². The molecule has 0 radical (unpaired) electrons. The summed E-state index contributed by atoms with van der Waals surface area (Å²) in [5.74, 6) is -0.427. The molecule has 6 nitrogen and oxygen atoms in total. The normalized spacial score (nSPS) is 11.6. The highest BCUT2D eigenvalue weighted by molar-refractivity contribution is 6.30. The van der Waals surface area contributed by atoms with Crippen molar-refractivity contribution in [2.75, 3.05) is 7.11 Å². The molecule has 0 saturated heterocycles. The summed E-state index contributed by atoms with van der Waals surface area (Å²) in [5.41, 5.74) is 1.66. The third kappa shape index (κ3) is 4.74. The van der Waals surface area contributed by atoms with E-state index in [2.05, 4.69) is 10.5 Å². The van der Waals surface area contributed by atoms with Crippen LogP contribution in [0.15, 0.2) is 65.2 Å². The van der Waals surface area contributed by atoms with E-state index in [1.165, 1.54) is 7.11 Å². The zero-order valence-electron chi connectivity index (χ0n) is 14.5. The molecule has 2 aromatic carbocycles. The van der Waals surface area contributed by atoms with Crippen molar-refractivity contribution in [2.45, 2.75) is 12.5 Å². The van der Waals surface area contributed by atoms with Gasteiger partial charge in [-0.3, -0.25) is 9.59 Å². The summed E-state index contributed by atoms with van der Waals surface area (Å²) in [4.78, 5) is 24.3. The van der Waals surface area contributed by atoms with Gasteiger partial charge in [0.1, 0.15) is 0 Å². The first kappa shape index (κ1) is 18.7. The molecule has 7 heteroatoms. The largest absolute Gasteiger partial charge is 0.469 e. The van der Waals surface area contributed by atoms with Crippen molar-refractivity contribution in [3.63, 3.8) is 0 Å².